The second kappa shape index (κ2) is 7.68. The fourth-order valence-electron chi connectivity index (χ4n) is 1.59. The molecular weight excluding hydrogens is 329 g/mol. The van der Waals surface area contributed by atoms with Gasteiger partial charge in [-0.3, -0.25) is 9.48 Å². The van der Waals surface area contributed by atoms with Gasteiger partial charge in [0.15, 0.2) is 0 Å². The molecule has 0 aliphatic rings. The Kier molecular flexibility index (Phi) is 6.54. The van der Waals surface area contributed by atoms with Crippen LogP contribution in [0.1, 0.15) is 41.7 Å². The number of carbonyl (C=O) groups excluding carboxylic acids is 1. The monoisotopic (exact) mass is 349 g/mol. The second-order valence-electron chi connectivity index (χ2n) is 4.13. The first kappa shape index (κ1) is 14.5. The Bertz CT molecular complexity index is 363. The van der Waals surface area contributed by atoms with Crippen LogP contribution in [0, 0.1) is 6.92 Å². The lowest BCUT2D eigenvalue weighted by Gasteiger charge is -2.04. The summed E-state index contributed by atoms with van der Waals surface area (Å²) >= 11 is 2.39. The molecule has 0 spiro atoms. The predicted molar refractivity (Wildman–Crippen MR) is 77.6 cm³/mol. The van der Waals surface area contributed by atoms with Crippen molar-refractivity contribution in [1.29, 1.82) is 0 Å². The van der Waals surface area contributed by atoms with Gasteiger partial charge in [-0.1, -0.05) is 35.4 Å². The standard InChI is InChI=1S/C12H20IN3O/c1-10-11(9-15-16(10)2)12(17)14-8-6-4-3-5-7-13/h9H,3-8H2,1-2H3,(H,14,17). The quantitative estimate of drug-likeness (QED) is 0.467. The molecule has 0 bridgehead atoms. The number of amides is 1. The van der Waals surface area contributed by atoms with E-state index in [-0.39, 0.29) is 5.91 Å². The summed E-state index contributed by atoms with van der Waals surface area (Å²) < 4.78 is 2.94. The molecule has 17 heavy (non-hydrogen) atoms. The van der Waals surface area contributed by atoms with Crippen molar-refractivity contribution in [3.63, 3.8) is 0 Å². The van der Waals surface area contributed by atoms with Gasteiger partial charge in [0.2, 0.25) is 0 Å². The lowest BCUT2D eigenvalue weighted by molar-refractivity contribution is 0.0952. The Morgan fingerprint density at radius 2 is 2.12 bits per heavy atom. The molecule has 0 unspecified atom stereocenters. The van der Waals surface area contributed by atoms with Crippen LogP contribution in [-0.4, -0.2) is 26.7 Å². The highest BCUT2D eigenvalue weighted by Gasteiger charge is 2.11. The molecule has 1 rings (SSSR count). The number of carbonyl (C=O) groups is 1. The number of halogens is 1. The Labute approximate surface area is 116 Å². The fraction of sp³-hybridized carbons (Fsp3) is 0.667. The lowest BCUT2D eigenvalue weighted by atomic mass is 10.2. The molecule has 0 aromatic carbocycles. The highest BCUT2D eigenvalue weighted by atomic mass is 127. The van der Waals surface area contributed by atoms with E-state index in [9.17, 15) is 4.79 Å². The first-order valence-corrected chi connectivity index (χ1v) is 7.52. The normalized spacial score (nSPS) is 10.5. The van der Waals surface area contributed by atoms with Gasteiger partial charge < -0.3 is 5.32 Å². The Morgan fingerprint density at radius 1 is 1.41 bits per heavy atom. The summed E-state index contributed by atoms with van der Waals surface area (Å²) in [6.45, 7) is 2.66. The van der Waals surface area contributed by atoms with E-state index in [1.54, 1.807) is 10.9 Å². The minimum atomic E-state index is -0.00973. The van der Waals surface area contributed by atoms with Crippen molar-refractivity contribution in [3.8, 4) is 0 Å². The first-order valence-electron chi connectivity index (χ1n) is 5.99. The maximum absolute atomic E-state index is 11.8. The molecular formula is C12H20IN3O. The number of nitrogens with one attached hydrogen (secondary N) is 1. The van der Waals surface area contributed by atoms with Crippen molar-refractivity contribution in [1.82, 2.24) is 15.1 Å². The SMILES string of the molecule is Cc1c(C(=O)NCCCCCCI)cnn1C. The predicted octanol–water partition coefficient (Wildman–Crippen LogP) is 2.45. The minimum Gasteiger partial charge on any atom is -0.352 e. The molecule has 1 aromatic heterocycles. The van der Waals surface area contributed by atoms with E-state index in [4.69, 9.17) is 0 Å². The zero-order valence-electron chi connectivity index (χ0n) is 10.5. The third kappa shape index (κ3) is 4.65. The van der Waals surface area contributed by atoms with Crippen LogP contribution in [0.3, 0.4) is 0 Å². The molecule has 1 N–H and O–H groups in total. The smallest absolute Gasteiger partial charge is 0.254 e. The topological polar surface area (TPSA) is 46.9 Å². The number of hydrogen-bond donors (Lipinski definition) is 1. The van der Waals surface area contributed by atoms with Gasteiger partial charge in [0.25, 0.3) is 5.91 Å². The number of nitrogens with zero attached hydrogens (tertiary/aromatic N) is 2. The molecule has 0 aliphatic heterocycles. The van der Waals surface area contributed by atoms with Gasteiger partial charge in [0.1, 0.15) is 0 Å². The van der Waals surface area contributed by atoms with Crippen LogP contribution in [0.15, 0.2) is 6.20 Å². The molecule has 0 aliphatic carbocycles. The number of aryl methyl sites for hydroxylation is 1. The van der Waals surface area contributed by atoms with Gasteiger partial charge in [0.05, 0.1) is 11.8 Å². The van der Waals surface area contributed by atoms with Gasteiger partial charge in [-0.15, -0.1) is 0 Å². The summed E-state index contributed by atoms with van der Waals surface area (Å²) in [7, 11) is 1.84. The third-order valence-corrected chi connectivity index (χ3v) is 3.59. The summed E-state index contributed by atoms with van der Waals surface area (Å²) in [4.78, 5) is 11.8. The van der Waals surface area contributed by atoms with E-state index in [2.05, 4.69) is 33.0 Å². The van der Waals surface area contributed by atoms with E-state index in [1.165, 1.54) is 23.7 Å². The van der Waals surface area contributed by atoms with Crippen molar-refractivity contribution < 1.29 is 4.79 Å². The van der Waals surface area contributed by atoms with Crippen molar-refractivity contribution >= 4 is 28.5 Å². The average molecular weight is 349 g/mol. The van der Waals surface area contributed by atoms with Crippen molar-refractivity contribution in [2.24, 2.45) is 7.05 Å². The summed E-state index contributed by atoms with van der Waals surface area (Å²) in [6, 6.07) is 0. The maximum atomic E-state index is 11.8. The van der Waals surface area contributed by atoms with E-state index in [0.29, 0.717) is 5.56 Å². The van der Waals surface area contributed by atoms with Crippen LogP contribution < -0.4 is 5.32 Å². The van der Waals surface area contributed by atoms with Crippen molar-refractivity contribution in [2.45, 2.75) is 32.6 Å². The fourth-order valence-corrected chi connectivity index (χ4v) is 2.13. The van der Waals surface area contributed by atoms with Gasteiger partial charge in [-0.05, 0) is 24.2 Å². The van der Waals surface area contributed by atoms with E-state index < -0.39 is 0 Å². The van der Waals surface area contributed by atoms with E-state index in [1.807, 2.05) is 14.0 Å². The summed E-state index contributed by atoms with van der Waals surface area (Å²) in [5.41, 5.74) is 1.59. The Morgan fingerprint density at radius 3 is 2.71 bits per heavy atom. The molecule has 5 heteroatoms. The van der Waals surface area contributed by atoms with Crippen molar-refractivity contribution in [3.05, 3.63) is 17.5 Å². The average Bonchev–Trinajstić information content (AvgIpc) is 2.64. The molecule has 1 heterocycles. The highest BCUT2D eigenvalue weighted by molar-refractivity contribution is 14.1. The number of alkyl halides is 1. The lowest BCUT2D eigenvalue weighted by Crippen LogP contribution is -2.24. The van der Waals surface area contributed by atoms with Crippen LogP contribution >= 0.6 is 22.6 Å². The van der Waals surface area contributed by atoms with Crippen LogP contribution in [0.5, 0.6) is 0 Å². The van der Waals surface area contributed by atoms with Gasteiger partial charge in [-0.2, -0.15) is 5.10 Å². The van der Waals surface area contributed by atoms with E-state index in [0.717, 1.165) is 18.7 Å². The summed E-state index contributed by atoms with van der Waals surface area (Å²) in [5, 5.41) is 7.00. The molecule has 0 fully saturated rings. The van der Waals surface area contributed by atoms with Crippen LogP contribution in [0.4, 0.5) is 0 Å². The molecule has 1 aromatic rings. The third-order valence-electron chi connectivity index (χ3n) is 2.83. The number of hydrogen-bond acceptors (Lipinski definition) is 2. The van der Waals surface area contributed by atoms with Crippen LogP contribution in [-0.2, 0) is 7.05 Å². The molecule has 96 valence electrons. The van der Waals surface area contributed by atoms with E-state index >= 15 is 0 Å². The summed E-state index contributed by atoms with van der Waals surface area (Å²) in [5.74, 6) is -0.00973. The molecule has 0 atom stereocenters. The Balaban J connectivity index is 2.24. The van der Waals surface area contributed by atoms with Gasteiger partial charge >= 0.3 is 0 Å². The minimum absolute atomic E-state index is 0.00973. The maximum Gasteiger partial charge on any atom is 0.254 e. The highest BCUT2D eigenvalue weighted by Crippen LogP contribution is 2.05. The molecule has 0 radical (unpaired) electrons. The second-order valence-corrected chi connectivity index (χ2v) is 5.21. The molecule has 4 nitrogen and oxygen atoms in total. The summed E-state index contributed by atoms with van der Waals surface area (Å²) in [6.07, 6.45) is 6.40. The molecule has 0 saturated heterocycles. The zero-order valence-corrected chi connectivity index (χ0v) is 12.7. The number of aromatic nitrogens is 2. The van der Waals surface area contributed by atoms with Crippen molar-refractivity contribution in [2.75, 3.05) is 11.0 Å². The number of unbranched alkanes of at least 4 members (excludes halogenated alkanes) is 3. The largest absolute Gasteiger partial charge is 0.352 e. The first-order chi connectivity index (χ1) is 8.16. The van der Waals surface area contributed by atoms with Gasteiger partial charge in [0, 0.05) is 19.3 Å². The molecule has 1 amide bonds. The van der Waals surface area contributed by atoms with Gasteiger partial charge in [-0.25, -0.2) is 0 Å². The Hall–Kier alpha value is -0.590. The number of rotatable bonds is 7. The zero-order chi connectivity index (χ0) is 12.7. The molecule has 0 saturated carbocycles. The van der Waals surface area contributed by atoms with Crippen LogP contribution in [0.25, 0.3) is 0 Å². The van der Waals surface area contributed by atoms with Crippen LogP contribution in [0.2, 0.25) is 0 Å².